The number of hydrogen-bond acceptors (Lipinski definition) is 4. The molecule has 0 aliphatic carbocycles. The molecular weight excluding hydrogens is 320 g/mol. The molecule has 6 heteroatoms. The number of unbranched alkanes of at least 4 members (excludes halogenated alkanes) is 1. The van der Waals surface area contributed by atoms with Crippen LogP contribution in [0, 0.1) is 5.41 Å². The summed E-state index contributed by atoms with van der Waals surface area (Å²) < 4.78 is 10.0. The second-order valence-electron chi connectivity index (χ2n) is 6.19. The van der Waals surface area contributed by atoms with Gasteiger partial charge in [-0.05, 0) is 36.6 Å². The van der Waals surface area contributed by atoms with Crippen LogP contribution in [0.4, 0.5) is 4.79 Å². The van der Waals surface area contributed by atoms with Crippen LogP contribution in [0.15, 0.2) is 18.2 Å². The lowest BCUT2D eigenvalue weighted by Crippen LogP contribution is -2.25. The smallest absolute Gasteiger partial charge is 0.478 e. The summed E-state index contributed by atoms with van der Waals surface area (Å²) in [7, 11) is 0. The fourth-order valence-electron chi connectivity index (χ4n) is 2.08. The molecule has 0 atom stereocenters. The second-order valence-corrected chi connectivity index (χ2v) is 6.62. The predicted octanol–water partition coefficient (Wildman–Crippen LogP) is 4.56. The molecule has 0 spiro atoms. The first-order valence-corrected chi connectivity index (χ1v) is 7.94. The van der Waals surface area contributed by atoms with Crippen molar-refractivity contribution >= 4 is 23.7 Å². The third-order valence-electron chi connectivity index (χ3n) is 3.27. The van der Waals surface area contributed by atoms with E-state index >= 15 is 0 Å². The van der Waals surface area contributed by atoms with Gasteiger partial charge in [-0.25, -0.2) is 9.59 Å². The molecule has 128 valence electrons. The van der Waals surface area contributed by atoms with Crippen LogP contribution in [0.3, 0.4) is 0 Å². The maximum absolute atomic E-state index is 11.5. The van der Waals surface area contributed by atoms with Gasteiger partial charge in [-0.3, -0.25) is 0 Å². The zero-order valence-corrected chi connectivity index (χ0v) is 14.5. The number of carbonyl (C=O) groups excluding carboxylic acids is 1. The van der Waals surface area contributed by atoms with Gasteiger partial charge in [-0.15, -0.1) is 0 Å². The summed E-state index contributed by atoms with van der Waals surface area (Å²) in [5.41, 5.74) is 0.365. The lowest BCUT2D eigenvalue weighted by Gasteiger charge is -2.24. The standard InChI is InChI=1S/C17H23ClO5/c1-4-5-8-22-16(21)23-11-17(2,3)10-12-9-13(18)6-7-14(12)15(19)20/h6-7,9H,4-5,8,10-11H2,1-3H3,(H,19,20). The van der Waals surface area contributed by atoms with E-state index < -0.39 is 17.5 Å². The van der Waals surface area contributed by atoms with E-state index in [1.54, 1.807) is 12.1 Å². The van der Waals surface area contributed by atoms with Crippen LogP contribution < -0.4 is 0 Å². The first-order valence-electron chi connectivity index (χ1n) is 7.56. The third-order valence-corrected chi connectivity index (χ3v) is 3.50. The molecule has 1 aromatic carbocycles. The number of aromatic carboxylic acids is 1. The van der Waals surface area contributed by atoms with Crippen molar-refractivity contribution in [2.45, 2.75) is 40.0 Å². The molecular formula is C17H23ClO5. The summed E-state index contributed by atoms with van der Waals surface area (Å²) in [6.07, 6.45) is 1.45. The van der Waals surface area contributed by atoms with Crippen molar-refractivity contribution in [1.82, 2.24) is 0 Å². The summed E-state index contributed by atoms with van der Waals surface area (Å²) in [5.74, 6) is -1.01. The highest BCUT2D eigenvalue weighted by atomic mass is 35.5. The van der Waals surface area contributed by atoms with Gasteiger partial charge in [-0.1, -0.05) is 38.8 Å². The quantitative estimate of drug-likeness (QED) is 0.553. The van der Waals surface area contributed by atoms with E-state index in [2.05, 4.69) is 0 Å². The van der Waals surface area contributed by atoms with Gasteiger partial charge in [0.2, 0.25) is 0 Å². The Kier molecular flexibility index (Phi) is 7.36. The van der Waals surface area contributed by atoms with Gasteiger partial charge in [0.15, 0.2) is 0 Å². The first kappa shape index (κ1) is 19.3. The molecule has 1 rings (SSSR count). The molecule has 0 fully saturated rings. The topological polar surface area (TPSA) is 72.8 Å². The summed E-state index contributed by atoms with van der Waals surface area (Å²) in [5, 5.41) is 9.72. The number of halogens is 1. The first-order chi connectivity index (χ1) is 10.7. The van der Waals surface area contributed by atoms with Crippen LogP contribution >= 0.6 is 11.6 Å². The maximum Gasteiger partial charge on any atom is 0.508 e. The lowest BCUT2D eigenvalue weighted by atomic mass is 9.85. The van der Waals surface area contributed by atoms with Crippen molar-refractivity contribution < 1.29 is 24.2 Å². The van der Waals surface area contributed by atoms with Crippen LogP contribution in [0.2, 0.25) is 5.02 Å². The van der Waals surface area contributed by atoms with Gasteiger partial charge in [0, 0.05) is 10.4 Å². The maximum atomic E-state index is 11.5. The molecule has 1 N–H and O–H groups in total. The molecule has 0 amide bonds. The van der Waals surface area contributed by atoms with Gasteiger partial charge >= 0.3 is 12.1 Å². The average Bonchev–Trinajstić information content (AvgIpc) is 2.45. The molecule has 0 saturated carbocycles. The molecule has 0 aliphatic rings. The Morgan fingerprint density at radius 3 is 2.57 bits per heavy atom. The highest BCUT2D eigenvalue weighted by Crippen LogP contribution is 2.26. The Bertz CT molecular complexity index is 554. The van der Waals surface area contributed by atoms with E-state index in [-0.39, 0.29) is 12.2 Å². The Morgan fingerprint density at radius 2 is 1.96 bits per heavy atom. The normalized spacial score (nSPS) is 11.1. The molecule has 0 aliphatic heterocycles. The van der Waals surface area contributed by atoms with Gasteiger partial charge < -0.3 is 14.6 Å². The van der Waals surface area contributed by atoms with Crippen molar-refractivity contribution in [3.63, 3.8) is 0 Å². The molecule has 0 aromatic heterocycles. The average molecular weight is 343 g/mol. The van der Waals surface area contributed by atoms with Crippen LogP contribution in [-0.2, 0) is 15.9 Å². The minimum atomic E-state index is -1.01. The predicted molar refractivity (Wildman–Crippen MR) is 88.1 cm³/mol. The van der Waals surface area contributed by atoms with E-state index in [4.69, 9.17) is 21.1 Å². The summed E-state index contributed by atoms with van der Waals surface area (Å²) in [4.78, 5) is 22.8. The number of carboxylic acids is 1. The van der Waals surface area contributed by atoms with E-state index in [0.717, 1.165) is 12.8 Å². The van der Waals surface area contributed by atoms with Gasteiger partial charge in [0.1, 0.15) is 6.61 Å². The molecule has 0 radical (unpaired) electrons. The minimum absolute atomic E-state index is 0.129. The molecule has 5 nitrogen and oxygen atoms in total. The highest BCUT2D eigenvalue weighted by molar-refractivity contribution is 6.30. The van der Waals surface area contributed by atoms with E-state index in [0.29, 0.717) is 23.6 Å². The molecule has 0 unspecified atom stereocenters. The van der Waals surface area contributed by atoms with Gasteiger partial charge in [0.25, 0.3) is 0 Å². The molecule has 0 bridgehead atoms. The molecule has 23 heavy (non-hydrogen) atoms. The van der Waals surface area contributed by atoms with Crippen LogP contribution in [-0.4, -0.2) is 30.4 Å². The number of carbonyl (C=O) groups is 2. The Balaban J connectivity index is 2.66. The van der Waals surface area contributed by atoms with Crippen molar-refractivity contribution in [3.05, 3.63) is 34.3 Å². The van der Waals surface area contributed by atoms with Crippen molar-refractivity contribution in [2.75, 3.05) is 13.2 Å². The van der Waals surface area contributed by atoms with Crippen LogP contribution in [0.5, 0.6) is 0 Å². The van der Waals surface area contributed by atoms with Crippen molar-refractivity contribution in [3.8, 4) is 0 Å². The van der Waals surface area contributed by atoms with E-state index in [1.807, 2.05) is 20.8 Å². The zero-order chi connectivity index (χ0) is 17.5. The second kappa shape index (κ2) is 8.77. The minimum Gasteiger partial charge on any atom is -0.478 e. The molecule has 0 heterocycles. The SMILES string of the molecule is CCCCOC(=O)OCC(C)(C)Cc1cc(Cl)ccc1C(=O)O. The fourth-order valence-corrected chi connectivity index (χ4v) is 2.27. The number of ether oxygens (including phenoxy) is 2. The fraction of sp³-hybridized carbons (Fsp3) is 0.529. The summed E-state index contributed by atoms with van der Waals surface area (Å²) in [6.45, 7) is 6.25. The zero-order valence-electron chi connectivity index (χ0n) is 13.7. The largest absolute Gasteiger partial charge is 0.508 e. The number of benzene rings is 1. The summed E-state index contributed by atoms with van der Waals surface area (Å²) >= 11 is 5.95. The van der Waals surface area contributed by atoms with Crippen LogP contribution in [0.25, 0.3) is 0 Å². The van der Waals surface area contributed by atoms with Crippen molar-refractivity contribution in [2.24, 2.45) is 5.41 Å². The molecule has 0 saturated heterocycles. The number of carboxylic acid groups (broad SMARTS) is 1. The van der Waals surface area contributed by atoms with E-state index in [1.165, 1.54) is 6.07 Å². The monoisotopic (exact) mass is 342 g/mol. The Morgan fingerprint density at radius 1 is 1.26 bits per heavy atom. The number of rotatable bonds is 8. The lowest BCUT2D eigenvalue weighted by molar-refractivity contribution is 0.0288. The highest BCUT2D eigenvalue weighted by Gasteiger charge is 2.24. The third kappa shape index (κ3) is 6.91. The molecule has 1 aromatic rings. The van der Waals surface area contributed by atoms with Gasteiger partial charge in [0.05, 0.1) is 12.2 Å². The number of hydrogen-bond donors (Lipinski definition) is 1. The Labute approximate surface area is 141 Å². The van der Waals surface area contributed by atoms with Crippen molar-refractivity contribution in [1.29, 1.82) is 0 Å². The Hall–Kier alpha value is -1.75. The summed E-state index contributed by atoms with van der Waals surface area (Å²) in [6, 6.07) is 4.66. The van der Waals surface area contributed by atoms with Crippen LogP contribution in [0.1, 0.15) is 49.5 Å². The van der Waals surface area contributed by atoms with Gasteiger partial charge in [-0.2, -0.15) is 0 Å². The van der Waals surface area contributed by atoms with E-state index in [9.17, 15) is 14.7 Å².